The van der Waals surface area contributed by atoms with Crippen molar-refractivity contribution in [3.8, 4) is 5.75 Å². The van der Waals surface area contributed by atoms with E-state index in [1.807, 2.05) is 20.8 Å². The van der Waals surface area contributed by atoms with Crippen LogP contribution in [-0.4, -0.2) is 62.9 Å². The van der Waals surface area contributed by atoms with Gasteiger partial charge in [0.15, 0.2) is 5.82 Å². The largest absolute Gasteiger partial charge is 0.490 e. The highest BCUT2D eigenvalue weighted by molar-refractivity contribution is 5.76. The minimum Gasteiger partial charge on any atom is -0.490 e. The lowest BCUT2D eigenvalue weighted by Gasteiger charge is -2.59. The summed E-state index contributed by atoms with van der Waals surface area (Å²) in [5.74, 6) is 0.802. The highest BCUT2D eigenvalue weighted by atomic mass is 19.4. The molecule has 0 bridgehead atoms. The first-order chi connectivity index (χ1) is 17.7. The number of halogens is 4. The average Bonchev–Trinajstić information content (AvgIpc) is 3.20. The summed E-state index contributed by atoms with van der Waals surface area (Å²) in [6, 6.07) is 3.25. The van der Waals surface area contributed by atoms with Gasteiger partial charge in [-0.25, -0.2) is 18.9 Å². The quantitative estimate of drug-likeness (QED) is 0.542. The van der Waals surface area contributed by atoms with E-state index in [2.05, 4.69) is 10.1 Å². The first-order valence-corrected chi connectivity index (χ1v) is 13.1. The highest BCUT2D eigenvalue weighted by Gasteiger charge is 2.56. The summed E-state index contributed by atoms with van der Waals surface area (Å²) in [4.78, 5) is 21.4. The fourth-order valence-corrected chi connectivity index (χ4v) is 6.96. The number of urea groups is 1. The van der Waals surface area contributed by atoms with Crippen molar-refractivity contribution in [3.63, 3.8) is 0 Å². The molecule has 3 aliphatic carbocycles. The van der Waals surface area contributed by atoms with Crippen molar-refractivity contribution >= 4 is 6.03 Å². The molecule has 5 aliphatic rings. The number of amides is 2. The highest BCUT2D eigenvalue weighted by Crippen LogP contribution is 2.54. The maximum atomic E-state index is 13.6. The molecule has 5 fully saturated rings. The Bertz CT molecular complexity index is 1200. The van der Waals surface area contributed by atoms with Crippen LogP contribution in [0.15, 0.2) is 24.5 Å². The van der Waals surface area contributed by atoms with E-state index in [1.165, 1.54) is 18.9 Å². The number of fused-ring (bicyclic) bond motifs is 1. The van der Waals surface area contributed by atoms with Gasteiger partial charge in [-0.3, -0.25) is 0 Å². The van der Waals surface area contributed by atoms with Crippen LogP contribution in [-0.2, 0) is 6.18 Å². The number of nitrogens with zero attached hydrogens (tertiary/aromatic N) is 5. The number of carbonyl (C=O) groups excluding carboxylic acids is 1. The molecule has 7 rings (SSSR count). The summed E-state index contributed by atoms with van der Waals surface area (Å²) in [5, 5.41) is 4.66. The van der Waals surface area contributed by atoms with Crippen molar-refractivity contribution in [2.24, 2.45) is 17.3 Å². The Morgan fingerprint density at radius 2 is 1.76 bits per heavy atom. The Kier molecular flexibility index (Phi) is 5.08. The van der Waals surface area contributed by atoms with Crippen LogP contribution in [0.2, 0.25) is 0 Å². The number of benzene rings is 1. The van der Waals surface area contributed by atoms with Crippen molar-refractivity contribution in [1.82, 2.24) is 24.6 Å². The molecule has 3 heterocycles. The van der Waals surface area contributed by atoms with E-state index in [1.54, 1.807) is 0 Å². The molecule has 2 amide bonds. The Hall–Kier alpha value is -2.85. The van der Waals surface area contributed by atoms with E-state index < -0.39 is 17.6 Å². The molecule has 1 aromatic heterocycles. The molecule has 2 aliphatic heterocycles. The second-order valence-electron chi connectivity index (χ2n) is 11.8. The monoisotopic (exact) mass is 519 g/mol. The Balaban J connectivity index is 0.884. The first-order valence-electron chi connectivity index (χ1n) is 13.1. The summed E-state index contributed by atoms with van der Waals surface area (Å²) in [5.41, 5.74) is -1.10. The molecule has 2 aromatic rings. The van der Waals surface area contributed by atoms with E-state index in [-0.39, 0.29) is 35.1 Å². The third kappa shape index (κ3) is 4.14. The van der Waals surface area contributed by atoms with Gasteiger partial charge in [-0.15, -0.1) is 0 Å². The smallest absolute Gasteiger partial charge is 0.419 e. The van der Waals surface area contributed by atoms with E-state index >= 15 is 0 Å². The van der Waals surface area contributed by atoms with Gasteiger partial charge in [-0.1, -0.05) is 0 Å². The van der Waals surface area contributed by atoms with E-state index in [4.69, 9.17) is 4.74 Å². The van der Waals surface area contributed by atoms with Crippen LogP contribution >= 0.6 is 0 Å². The Morgan fingerprint density at radius 3 is 2.41 bits per heavy atom. The van der Waals surface area contributed by atoms with Crippen LogP contribution in [0.25, 0.3) is 0 Å². The summed E-state index contributed by atoms with van der Waals surface area (Å²) < 4.78 is 60.4. The average molecular weight is 520 g/mol. The Labute approximate surface area is 211 Å². The maximum absolute atomic E-state index is 13.6. The number of aromatic nitrogens is 3. The fraction of sp³-hybridized carbons (Fsp3) is 0.654. The standard InChI is InChI=1S/C26H29F4N5O2/c27-22-4-3-19(7-21(22)26(28,29)30)37-20-5-16-10-33(11-17(16)6-20)24(36)34-12-25(13-34)8-18(9-25)35-14-31-23(32-35)15-1-2-15/h3-4,7,14-18,20H,1-2,5-6,8-13H2/t16-,17+,20?. The van der Waals surface area contributed by atoms with Gasteiger partial charge in [0.25, 0.3) is 0 Å². The molecular formula is C26H29F4N5O2. The number of rotatable bonds is 4. The number of alkyl halides is 3. The van der Waals surface area contributed by atoms with Gasteiger partial charge in [-0.05, 0) is 68.6 Å². The SMILES string of the molecule is O=C(N1C[C@H]2CC(Oc3ccc(F)c(C(F)(F)F)c3)C[C@H]2C1)N1CC2(CC(n3cnc(C4CC4)n3)C2)C1. The molecule has 2 saturated heterocycles. The summed E-state index contributed by atoms with van der Waals surface area (Å²) in [7, 11) is 0. The van der Waals surface area contributed by atoms with Gasteiger partial charge < -0.3 is 14.5 Å². The summed E-state index contributed by atoms with van der Waals surface area (Å²) in [6.07, 6.45) is 2.69. The minimum absolute atomic E-state index is 0.0333. The third-order valence-electron chi connectivity index (χ3n) is 9.03. The minimum atomic E-state index is -4.76. The molecule has 0 N–H and O–H groups in total. The lowest BCUT2D eigenvalue weighted by atomic mass is 9.61. The van der Waals surface area contributed by atoms with Gasteiger partial charge in [0.2, 0.25) is 0 Å². The number of carbonyl (C=O) groups is 1. The maximum Gasteiger partial charge on any atom is 0.419 e. The van der Waals surface area contributed by atoms with Gasteiger partial charge in [0, 0.05) is 37.5 Å². The van der Waals surface area contributed by atoms with Crippen LogP contribution < -0.4 is 4.74 Å². The molecule has 1 aromatic carbocycles. The summed E-state index contributed by atoms with van der Waals surface area (Å²) in [6.45, 7) is 2.87. The Morgan fingerprint density at radius 1 is 1.05 bits per heavy atom. The first kappa shape index (κ1) is 23.3. The molecule has 0 radical (unpaired) electrons. The molecule has 198 valence electrons. The van der Waals surface area contributed by atoms with Crippen LogP contribution in [0.1, 0.15) is 61.9 Å². The normalized spacial score (nSPS) is 28.8. The molecular weight excluding hydrogens is 490 g/mol. The predicted octanol–water partition coefficient (Wildman–Crippen LogP) is 4.86. The van der Waals surface area contributed by atoms with E-state index in [0.717, 1.165) is 43.9 Å². The molecule has 37 heavy (non-hydrogen) atoms. The molecule has 3 saturated carbocycles. The molecule has 3 atom stereocenters. The second kappa shape index (κ2) is 8.07. The lowest BCUT2D eigenvalue weighted by Crippen LogP contribution is -2.65. The van der Waals surface area contributed by atoms with E-state index in [0.29, 0.717) is 37.9 Å². The third-order valence-corrected chi connectivity index (χ3v) is 9.03. The van der Waals surface area contributed by atoms with E-state index in [9.17, 15) is 22.4 Å². The molecule has 1 unspecified atom stereocenters. The van der Waals surface area contributed by atoms with Gasteiger partial charge >= 0.3 is 12.2 Å². The van der Waals surface area contributed by atoms with Gasteiger partial charge in [0.05, 0.1) is 17.7 Å². The topological polar surface area (TPSA) is 63.5 Å². The van der Waals surface area contributed by atoms with Gasteiger partial charge in [-0.2, -0.15) is 18.3 Å². The lowest BCUT2D eigenvalue weighted by molar-refractivity contribution is -0.140. The van der Waals surface area contributed by atoms with Crippen molar-refractivity contribution in [2.45, 2.75) is 62.8 Å². The number of ether oxygens (including phenoxy) is 1. The van der Waals surface area contributed by atoms with Crippen LogP contribution in [0.3, 0.4) is 0 Å². The zero-order chi connectivity index (χ0) is 25.5. The van der Waals surface area contributed by atoms with Gasteiger partial charge in [0.1, 0.15) is 17.9 Å². The summed E-state index contributed by atoms with van der Waals surface area (Å²) >= 11 is 0. The zero-order valence-electron chi connectivity index (χ0n) is 20.3. The molecule has 7 nitrogen and oxygen atoms in total. The van der Waals surface area contributed by atoms with Crippen molar-refractivity contribution in [2.75, 3.05) is 26.2 Å². The predicted molar refractivity (Wildman–Crippen MR) is 123 cm³/mol. The van der Waals surface area contributed by atoms with Crippen molar-refractivity contribution in [3.05, 3.63) is 41.7 Å². The van der Waals surface area contributed by atoms with Crippen LogP contribution in [0.5, 0.6) is 5.75 Å². The van der Waals surface area contributed by atoms with Crippen LogP contribution in [0.4, 0.5) is 22.4 Å². The molecule has 11 heteroatoms. The van der Waals surface area contributed by atoms with Crippen LogP contribution in [0, 0.1) is 23.1 Å². The zero-order valence-corrected chi connectivity index (χ0v) is 20.3. The fourth-order valence-electron chi connectivity index (χ4n) is 6.96. The number of hydrogen-bond acceptors (Lipinski definition) is 4. The van der Waals surface area contributed by atoms with Crippen molar-refractivity contribution < 1.29 is 27.1 Å². The number of likely N-dealkylation sites (tertiary alicyclic amines) is 2. The molecule has 1 spiro atoms. The number of hydrogen-bond donors (Lipinski definition) is 0. The van der Waals surface area contributed by atoms with Crippen molar-refractivity contribution in [1.29, 1.82) is 0 Å². The second-order valence-corrected chi connectivity index (χ2v) is 11.8.